The van der Waals surface area contributed by atoms with Gasteiger partial charge in [-0.05, 0) is 56.9 Å². The second kappa shape index (κ2) is 11.2. The molecule has 0 unspecified atom stereocenters. The van der Waals surface area contributed by atoms with Crippen LogP contribution in [0.3, 0.4) is 0 Å². The number of anilines is 1. The summed E-state index contributed by atoms with van der Waals surface area (Å²) in [5.41, 5.74) is 1.30. The molecule has 2 aliphatic rings. The van der Waals surface area contributed by atoms with Crippen molar-refractivity contribution in [3.05, 3.63) is 26.7 Å². The van der Waals surface area contributed by atoms with Gasteiger partial charge in [0, 0.05) is 48.4 Å². The molecule has 1 saturated carbocycles. The first-order valence-electron chi connectivity index (χ1n) is 12.3. The number of fused-ring (bicyclic) bond motifs is 1. The van der Waals surface area contributed by atoms with Crippen LogP contribution in [0.2, 0.25) is 0 Å². The number of carbonyl (C=O) groups is 1. The van der Waals surface area contributed by atoms with Gasteiger partial charge in [-0.2, -0.15) is 0 Å². The molecule has 0 bridgehead atoms. The minimum Gasteiger partial charge on any atom is -0.361 e. The Kier molecular flexibility index (Phi) is 8.35. The summed E-state index contributed by atoms with van der Waals surface area (Å²) in [6, 6.07) is 0. The lowest BCUT2D eigenvalue weighted by Crippen LogP contribution is -2.32. The van der Waals surface area contributed by atoms with E-state index in [0.717, 1.165) is 46.9 Å². The summed E-state index contributed by atoms with van der Waals surface area (Å²) in [6.07, 6.45) is 10.7. The van der Waals surface area contributed by atoms with Crippen LogP contribution in [0.5, 0.6) is 0 Å². The number of hydrogen-bond donors (Lipinski definition) is 1. The van der Waals surface area contributed by atoms with Crippen LogP contribution in [0.25, 0.3) is 0 Å². The Morgan fingerprint density at radius 3 is 2.72 bits per heavy atom. The molecule has 0 radical (unpaired) electrons. The molecule has 1 fully saturated rings. The average molecular weight is 475 g/mol. The normalized spacial score (nSPS) is 21.6. The highest BCUT2D eigenvalue weighted by atomic mass is 32.1. The number of nitrogens with one attached hydrogen (secondary N) is 1. The van der Waals surface area contributed by atoms with Gasteiger partial charge in [0.1, 0.15) is 5.78 Å². The summed E-state index contributed by atoms with van der Waals surface area (Å²) < 4.78 is 0. The van der Waals surface area contributed by atoms with E-state index in [1.165, 1.54) is 55.8 Å². The van der Waals surface area contributed by atoms with Crippen molar-refractivity contribution in [1.82, 2.24) is 14.9 Å². The Bertz CT molecular complexity index is 882. The fourth-order valence-electron chi connectivity index (χ4n) is 4.98. The lowest BCUT2D eigenvalue weighted by Gasteiger charge is -2.31. The quantitative estimate of drug-likeness (QED) is 0.476. The molecule has 32 heavy (non-hydrogen) atoms. The van der Waals surface area contributed by atoms with Gasteiger partial charge in [-0.15, -0.1) is 22.7 Å². The molecule has 2 aromatic rings. The molecule has 0 aromatic carbocycles. The minimum atomic E-state index is 0.395. The van der Waals surface area contributed by atoms with Crippen LogP contribution in [0.15, 0.2) is 6.20 Å². The van der Waals surface area contributed by atoms with E-state index in [1.807, 2.05) is 24.5 Å². The summed E-state index contributed by atoms with van der Waals surface area (Å²) in [4.78, 5) is 26.8. The van der Waals surface area contributed by atoms with E-state index in [0.29, 0.717) is 24.0 Å². The monoisotopic (exact) mass is 474 g/mol. The number of ketones is 1. The molecule has 0 saturated heterocycles. The third-order valence-electron chi connectivity index (χ3n) is 6.85. The van der Waals surface area contributed by atoms with E-state index in [9.17, 15) is 4.79 Å². The number of carbonyl (C=O) groups excluding carboxylic acids is 1. The Morgan fingerprint density at radius 2 is 2.00 bits per heavy atom. The molecule has 2 aromatic heterocycles. The summed E-state index contributed by atoms with van der Waals surface area (Å²) in [6.45, 7) is 10.8. The molecule has 1 aliphatic carbocycles. The maximum Gasteiger partial charge on any atom is 0.183 e. The number of hydrogen-bond acceptors (Lipinski definition) is 7. The summed E-state index contributed by atoms with van der Waals surface area (Å²) in [5, 5.41) is 5.65. The average Bonchev–Trinajstić information content (AvgIpc) is 3.36. The van der Waals surface area contributed by atoms with Gasteiger partial charge in [0.25, 0.3) is 0 Å². The first-order valence-corrected chi connectivity index (χ1v) is 14.0. The molecule has 0 atom stereocenters. The standard InChI is InChI=1S/C25H38N4OS2/c1-17(2)14-27-25-28-23-16-29(11-9-24(23)32-25)10-8-19-4-6-20(7-5-19)12-21(30)13-22-15-26-18(3)31-22/h15,17,19-20H,4-14,16H2,1-3H3,(H,27,28). The predicted octanol–water partition coefficient (Wildman–Crippen LogP) is 5.73. The van der Waals surface area contributed by atoms with Crippen molar-refractivity contribution in [1.29, 1.82) is 0 Å². The Hall–Kier alpha value is -1.31. The van der Waals surface area contributed by atoms with Gasteiger partial charge in [-0.3, -0.25) is 9.69 Å². The van der Waals surface area contributed by atoms with Crippen molar-refractivity contribution in [3.63, 3.8) is 0 Å². The molecule has 1 N–H and O–H groups in total. The Morgan fingerprint density at radius 1 is 1.22 bits per heavy atom. The van der Waals surface area contributed by atoms with E-state index in [1.54, 1.807) is 11.3 Å². The van der Waals surface area contributed by atoms with Crippen molar-refractivity contribution in [3.8, 4) is 0 Å². The molecule has 0 amide bonds. The van der Waals surface area contributed by atoms with Crippen molar-refractivity contribution >= 4 is 33.6 Å². The van der Waals surface area contributed by atoms with Gasteiger partial charge >= 0.3 is 0 Å². The number of aromatic nitrogens is 2. The van der Waals surface area contributed by atoms with Crippen LogP contribution in [-0.2, 0) is 24.2 Å². The zero-order chi connectivity index (χ0) is 22.5. The number of nitrogens with zero attached hydrogens (tertiary/aromatic N) is 3. The Balaban J connectivity index is 1.14. The van der Waals surface area contributed by atoms with E-state index < -0.39 is 0 Å². The molecule has 176 valence electrons. The van der Waals surface area contributed by atoms with Gasteiger partial charge in [0.2, 0.25) is 0 Å². The Labute approximate surface area is 201 Å². The van der Waals surface area contributed by atoms with Crippen LogP contribution >= 0.6 is 22.7 Å². The van der Waals surface area contributed by atoms with Gasteiger partial charge in [-0.1, -0.05) is 26.7 Å². The maximum absolute atomic E-state index is 12.4. The van der Waals surface area contributed by atoms with Gasteiger partial charge in [-0.25, -0.2) is 9.97 Å². The van der Waals surface area contributed by atoms with Crippen molar-refractivity contribution in [2.24, 2.45) is 17.8 Å². The third-order valence-corrected chi connectivity index (χ3v) is 8.87. The van der Waals surface area contributed by atoms with Gasteiger partial charge in [0.05, 0.1) is 10.7 Å². The third kappa shape index (κ3) is 6.84. The van der Waals surface area contributed by atoms with Crippen molar-refractivity contribution in [2.75, 3.05) is 25.0 Å². The highest BCUT2D eigenvalue weighted by Crippen LogP contribution is 2.34. The highest BCUT2D eigenvalue weighted by molar-refractivity contribution is 7.15. The molecule has 4 rings (SSSR count). The topological polar surface area (TPSA) is 58.1 Å². The summed E-state index contributed by atoms with van der Waals surface area (Å²) in [5.74, 6) is 2.46. The zero-order valence-electron chi connectivity index (χ0n) is 19.9. The zero-order valence-corrected chi connectivity index (χ0v) is 21.5. The number of thiazole rings is 2. The molecule has 3 heterocycles. The number of rotatable bonds is 10. The highest BCUT2D eigenvalue weighted by Gasteiger charge is 2.25. The van der Waals surface area contributed by atoms with Gasteiger partial charge in [0.15, 0.2) is 5.13 Å². The molecule has 1 aliphatic heterocycles. The van der Waals surface area contributed by atoms with E-state index in [4.69, 9.17) is 4.98 Å². The molecule has 7 heteroatoms. The second-order valence-corrected chi connectivity index (χ2v) is 12.5. The first-order chi connectivity index (χ1) is 15.4. The van der Waals surface area contributed by atoms with E-state index >= 15 is 0 Å². The van der Waals surface area contributed by atoms with Crippen molar-refractivity contribution < 1.29 is 4.79 Å². The van der Waals surface area contributed by atoms with E-state index in [2.05, 4.69) is 29.0 Å². The molecule has 5 nitrogen and oxygen atoms in total. The van der Waals surface area contributed by atoms with E-state index in [-0.39, 0.29) is 0 Å². The van der Waals surface area contributed by atoms with Crippen LogP contribution in [0.4, 0.5) is 5.13 Å². The first kappa shape index (κ1) is 23.8. The van der Waals surface area contributed by atoms with Crippen LogP contribution in [-0.4, -0.2) is 40.3 Å². The summed E-state index contributed by atoms with van der Waals surface area (Å²) >= 11 is 3.51. The fraction of sp³-hybridized carbons (Fsp3) is 0.720. The maximum atomic E-state index is 12.4. The predicted molar refractivity (Wildman–Crippen MR) is 135 cm³/mol. The van der Waals surface area contributed by atoms with Crippen LogP contribution < -0.4 is 5.32 Å². The number of aryl methyl sites for hydroxylation is 1. The van der Waals surface area contributed by atoms with Crippen LogP contribution in [0, 0.1) is 24.7 Å². The molecular formula is C25H38N4OS2. The fourth-order valence-corrected chi connectivity index (χ4v) is 6.77. The van der Waals surface area contributed by atoms with Gasteiger partial charge < -0.3 is 5.32 Å². The SMILES string of the molecule is Cc1ncc(CC(=O)CC2CCC(CCN3CCc4sc(NCC(C)C)nc4C3)CC2)s1. The lowest BCUT2D eigenvalue weighted by atomic mass is 9.78. The largest absolute Gasteiger partial charge is 0.361 e. The van der Waals surface area contributed by atoms with Crippen molar-refractivity contribution in [2.45, 2.75) is 78.7 Å². The summed E-state index contributed by atoms with van der Waals surface area (Å²) in [7, 11) is 0. The minimum absolute atomic E-state index is 0.395. The van der Waals surface area contributed by atoms with Crippen LogP contribution in [0.1, 0.15) is 72.8 Å². The smallest absolute Gasteiger partial charge is 0.183 e. The lowest BCUT2D eigenvalue weighted by molar-refractivity contribution is -0.119. The number of Topliss-reactive ketones (excluding diaryl/α,β-unsaturated/α-hetero) is 1. The molecular weight excluding hydrogens is 436 g/mol. The molecule has 0 spiro atoms. The second-order valence-electron chi connectivity index (χ2n) is 10.1.